The first kappa shape index (κ1) is 20.6. The number of aromatic nitrogens is 4. The van der Waals surface area contributed by atoms with E-state index in [-0.39, 0.29) is 12.1 Å². The molecule has 3 heterocycles. The third-order valence-corrected chi connectivity index (χ3v) is 4.92. The Morgan fingerprint density at radius 1 is 1.32 bits per heavy atom. The summed E-state index contributed by atoms with van der Waals surface area (Å²) in [5, 5.41) is 3.53. The molecule has 9 nitrogen and oxygen atoms in total. The average molecular weight is 393 g/mol. The van der Waals surface area contributed by atoms with Gasteiger partial charge in [-0.05, 0) is 39.2 Å². The normalized spacial score (nSPS) is 17.9. The fourth-order valence-corrected chi connectivity index (χ4v) is 3.43. The monoisotopic (exact) mass is 392 g/mol. The van der Waals surface area contributed by atoms with Gasteiger partial charge in [0, 0.05) is 19.2 Å². The Morgan fingerprint density at radius 2 is 2.18 bits per heavy atom. The number of methoxy groups -OCH3 is 1. The number of rotatable bonds is 11. The molecule has 3 N–H and O–H groups in total. The standard InChI is InChI=1S/C19H32N6O3/c1-4-7-13(2)28-18-23-16(20)15-17(24-18)25(19(22-15)26-3)10-6-5-9-21-14-8-11-27-12-14/h13-14,21H,4-12H2,1-3H3,(H2,20,23,24)/t13-,14+/m0/s1. The maximum Gasteiger partial charge on any atom is 0.320 e. The van der Waals surface area contributed by atoms with Crippen molar-refractivity contribution in [2.45, 2.75) is 64.6 Å². The molecule has 0 amide bonds. The second kappa shape index (κ2) is 9.88. The summed E-state index contributed by atoms with van der Waals surface area (Å²) < 4.78 is 18.6. The summed E-state index contributed by atoms with van der Waals surface area (Å²) in [4.78, 5) is 13.3. The number of imidazole rings is 1. The molecule has 1 aliphatic heterocycles. The Balaban J connectivity index is 1.67. The summed E-state index contributed by atoms with van der Waals surface area (Å²) in [7, 11) is 1.60. The first-order valence-electron chi connectivity index (χ1n) is 10.2. The van der Waals surface area contributed by atoms with Crippen LogP contribution in [-0.2, 0) is 11.3 Å². The maximum atomic E-state index is 6.11. The van der Waals surface area contributed by atoms with Crippen LogP contribution in [0.2, 0.25) is 0 Å². The van der Waals surface area contributed by atoms with Crippen molar-refractivity contribution in [2.75, 3.05) is 32.6 Å². The molecule has 156 valence electrons. The first-order valence-corrected chi connectivity index (χ1v) is 10.2. The Hall–Kier alpha value is -2.13. The molecule has 9 heteroatoms. The van der Waals surface area contributed by atoms with Gasteiger partial charge in [-0.2, -0.15) is 15.0 Å². The van der Waals surface area contributed by atoms with Crippen LogP contribution < -0.4 is 20.5 Å². The number of hydrogen-bond acceptors (Lipinski definition) is 8. The number of anilines is 1. The zero-order valence-electron chi connectivity index (χ0n) is 17.1. The van der Waals surface area contributed by atoms with Crippen molar-refractivity contribution >= 4 is 17.0 Å². The average Bonchev–Trinajstić information content (AvgIpc) is 3.30. The Kier molecular flexibility index (Phi) is 7.27. The molecule has 3 rings (SSSR count). The van der Waals surface area contributed by atoms with Gasteiger partial charge in [-0.1, -0.05) is 13.3 Å². The minimum absolute atomic E-state index is 0.0331. The third-order valence-electron chi connectivity index (χ3n) is 4.92. The highest BCUT2D eigenvalue weighted by Gasteiger charge is 2.19. The number of unbranched alkanes of at least 4 members (excludes halogenated alkanes) is 1. The number of fused-ring (bicyclic) bond motifs is 1. The van der Waals surface area contributed by atoms with Crippen molar-refractivity contribution in [2.24, 2.45) is 0 Å². The number of nitrogen functional groups attached to an aromatic ring is 1. The summed E-state index contributed by atoms with van der Waals surface area (Å²) >= 11 is 0. The zero-order valence-corrected chi connectivity index (χ0v) is 17.1. The van der Waals surface area contributed by atoms with Crippen LogP contribution in [0.4, 0.5) is 5.82 Å². The van der Waals surface area contributed by atoms with E-state index in [1.165, 1.54) is 0 Å². The minimum Gasteiger partial charge on any atom is -0.468 e. The highest BCUT2D eigenvalue weighted by atomic mass is 16.5. The van der Waals surface area contributed by atoms with Gasteiger partial charge < -0.3 is 25.3 Å². The Labute approximate surface area is 166 Å². The predicted octanol–water partition coefficient (Wildman–Crippen LogP) is 2.14. The predicted molar refractivity (Wildman–Crippen MR) is 108 cm³/mol. The summed E-state index contributed by atoms with van der Waals surface area (Å²) in [6.45, 7) is 7.50. The van der Waals surface area contributed by atoms with Crippen LogP contribution >= 0.6 is 0 Å². The van der Waals surface area contributed by atoms with E-state index in [2.05, 4.69) is 27.2 Å². The van der Waals surface area contributed by atoms with Gasteiger partial charge in [0.05, 0.1) is 19.8 Å². The lowest BCUT2D eigenvalue weighted by atomic mass is 10.2. The largest absolute Gasteiger partial charge is 0.468 e. The molecule has 0 spiro atoms. The topological polar surface area (TPSA) is 109 Å². The molecule has 1 aliphatic rings. The van der Waals surface area contributed by atoms with Gasteiger partial charge in [-0.25, -0.2) is 0 Å². The maximum absolute atomic E-state index is 6.11. The van der Waals surface area contributed by atoms with Crippen molar-refractivity contribution < 1.29 is 14.2 Å². The SMILES string of the molecule is CCC[C@H](C)Oc1nc(N)c2nc(OC)n(CCCCN[C@@H]3CCOC3)c2n1. The molecule has 0 aromatic carbocycles. The second-order valence-electron chi connectivity index (χ2n) is 7.25. The quantitative estimate of drug-likeness (QED) is 0.560. The van der Waals surface area contributed by atoms with Crippen molar-refractivity contribution in [3.05, 3.63) is 0 Å². The molecule has 0 saturated carbocycles. The molecule has 0 radical (unpaired) electrons. The molecule has 1 fully saturated rings. The fourth-order valence-electron chi connectivity index (χ4n) is 3.43. The summed E-state index contributed by atoms with van der Waals surface area (Å²) in [6.07, 6.45) is 5.10. The van der Waals surface area contributed by atoms with Crippen LogP contribution in [0.1, 0.15) is 46.0 Å². The fraction of sp³-hybridized carbons (Fsp3) is 0.737. The highest BCUT2D eigenvalue weighted by Crippen LogP contribution is 2.26. The van der Waals surface area contributed by atoms with Crippen LogP contribution in [0, 0.1) is 0 Å². The number of nitrogens with zero attached hydrogens (tertiary/aromatic N) is 4. The van der Waals surface area contributed by atoms with E-state index in [4.69, 9.17) is 19.9 Å². The van der Waals surface area contributed by atoms with E-state index < -0.39 is 0 Å². The number of nitrogens with one attached hydrogen (secondary N) is 1. The second-order valence-corrected chi connectivity index (χ2v) is 7.25. The smallest absolute Gasteiger partial charge is 0.320 e. The van der Waals surface area contributed by atoms with Gasteiger partial charge in [0.15, 0.2) is 17.0 Å². The van der Waals surface area contributed by atoms with Crippen molar-refractivity contribution in [3.8, 4) is 12.0 Å². The summed E-state index contributed by atoms with van der Waals surface area (Å²) in [6, 6.07) is 1.27. The first-order chi connectivity index (χ1) is 13.6. The molecular weight excluding hydrogens is 360 g/mol. The lowest BCUT2D eigenvalue weighted by Crippen LogP contribution is -2.30. The zero-order chi connectivity index (χ0) is 19.9. The van der Waals surface area contributed by atoms with Gasteiger partial charge in [0.1, 0.15) is 0 Å². The van der Waals surface area contributed by atoms with Crippen LogP contribution in [0.25, 0.3) is 11.2 Å². The molecule has 0 unspecified atom stereocenters. The highest BCUT2D eigenvalue weighted by molar-refractivity contribution is 5.83. The molecule has 2 aromatic rings. The van der Waals surface area contributed by atoms with Crippen molar-refractivity contribution in [1.82, 2.24) is 24.8 Å². The number of aryl methyl sites for hydroxylation is 1. The van der Waals surface area contributed by atoms with Crippen LogP contribution in [0.3, 0.4) is 0 Å². The van der Waals surface area contributed by atoms with Gasteiger partial charge in [-0.15, -0.1) is 0 Å². The van der Waals surface area contributed by atoms with Gasteiger partial charge in [0.25, 0.3) is 6.01 Å². The van der Waals surface area contributed by atoms with Crippen molar-refractivity contribution in [3.63, 3.8) is 0 Å². The van der Waals surface area contributed by atoms with Crippen molar-refractivity contribution in [1.29, 1.82) is 0 Å². The molecular formula is C19H32N6O3. The lowest BCUT2D eigenvalue weighted by Gasteiger charge is -2.13. The van der Waals surface area contributed by atoms with Gasteiger partial charge in [-0.3, -0.25) is 4.57 Å². The third kappa shape index (κ3) is 5.02. The molecule has 0 aliphatic carbocycles. The van der Waals surface area contributed by atoms with Crippen LogP contribution in [0.5, 0.6) is 12.0 Å². The summed E-state index contributed by atoms with van der Waals surface area (Å²) in [5.41, 5.74) is 7.31. The van der Waals surface area contributed by atoms with Gasteiger partial charge >= 0.3 is 6.01 Å². The van der Waals surface area contributed by atoms with Crippen LogP contribution in [0.15, 0.2) is 0 Å². The van der Waals surface area contributed by atoms with Gasteiger partial charge in [0.2, 0.25) is 0 Å². The Bertz CT molecular complexity index is 760. The molecule has 2 aromatic heterocycles. The number of ether oxygens (including phenoxy) is 3. The van der Waals surface area contributed by atoms with E-state index >= 15 is 0 Å². The van der Waals surface area contributed by atoms with E-state index in [9.17, 15) is 0 Å². The molecule has 0 bridgehead atoms. The minimum atomic E-state index is 0.0331. The number of hydrogen-bond donors (Lipinski definition) is 2. The van der Waals surface area contributed by atoms with E-state index in [1.807, 2.05) is 11.5 Å². The van der Waals surface area contributed by atoms with E-state index in [0.717, 1.165) is 58.4 Å². The molecule has 1 saturated heterocycles. The van der Waals surface area contributed by atoms with E-state index in [1.54, 1.807) is 7.11 Å². The lowest BCUT2D eigenvalue weighted by molar-refractivity contribution is 0.190. The Morgan fingerprint density at radius 3 is 2.89 bits per heavy atom. The van der Waals surface area contributed by atoms with E-state index in [0.29, 0.717) is 29.0 Å². The number of nitrogens with two attached hydrogens (primary N) is 1. The molecule has 28 heavy (non-hydrogen) atoms. The van der Waals surface area contributed by atoms with Crippen LogP contribution in [-0.4, -0.2) is 58.5 Å². The summed E-state index contributed by atoms with van der Waals surface area (Å²) in [5.74, 6) is 0.309. The molecule has 2 atom stereocenters.